The van der Waals surface area contributed by atoms with Crippen LogP contribution < -0.4 is 0 Å². The Morgan fingerprint density at radius 2 is 0.950 bits per heavy atom. The van der Waals surface area contributed by atoms with Crippen molar-refractivity contribution in [1.29, 1.82) is 0 Å². The maximum atomic E-state index is 4.47. The highest BCUT2D eigenvalue weighted by atomic mass is 14.7. The van der Waals surface area contributed by atoms with E-state index in [9.17, 15) is 0 Å². The number of pyridine rings is 2. The first-order chi connectivity index (χ1) is 19.8. The van der Waals surface area contributed by atoms with E-state index in [0.29, 0.717) is 0 Å². The van der Waals surface area contributed by atoms with Crippen LogP contribution in [0.5, 0.6) is 0 Å². The topological polar surface area (TPSA) is 25.8 Å². The van der Waals surface area contributed by atoms with Crippen molar-refractivity contribution in [2.24, 2.45) is 0 Å². The molecule has 0 aliphatic heterocycles. The average Bonchev–Trinajstić information content (AvgIpc) is 3.04. The van der Waals surface area contributed by atoms with Gasteiger partial charge in [0.15, 0.2) is 0 Å². The fourth-order valence-corrected chi connectivity index (χ4v) is 6.04. The second-order valence-electron chi connectivity index (χ2n) is 10.3. The van der Waals surface area contributed by atoms with Crippen LogP contribution in [0.2, 0.25) is 0 Å². The number of aromatic nitrogens is 2. The van der Waals surface area contributed by atoms with Crippen molar-refractivity contribution in [3.63, 3.8) is 0 Å². The van der Waals surface area contributed by atoms with E-state index in [2.05, 4.69) is 113 Å². The largest absolute Gasteiger partial charge is 0.264 e. The Hall–Kier alpha value is -5.34. The molecule has 0 fully saturated rings. The van der Waals surface area contributed by atoms with Crippen LogP contribution in [0.1, 0.15) is 0 Å². The van der Waals surface area contributed by atoms with Gasteiger partial charge in [-0.1, -0.05) is 109 Å². The molecule has 0 N–H and O–H groups in total. The summed E-state index contributed by atoms with van der Waals surface area (Å²) in [4.78, 5) is 8.84. The second kappa shape index (κ2) is 9.14. The molecule has 0 radical (unpaired) electrons. The van der Waals surface area contributed by atoms with E-state index >= 15 is 0 Å². The molecule has 186 valence electrons. The minimum Gasteiger partial charge on any atom is -0.264 e. The zero-order valence-electron chi connectivity index (χ0n) is 21.8. The molecule has 8 aromatic rings. The number of hydrogen-bond donors (Lipinski definition) is 0. The van der Waals surface area contributed by atoms with Crippen LogP contribution in [0.3, 0.4) is 0 Å². The predicted molar refractivity (Wildman–Crippen MR) is 167 cm³/mol. The summed E-state index contributed by atoms with van der Waals surface area (Å²) < 4.78 is 0. The third-order valence-corrected chi connectivity index (χ3v) is 8.01. The summed E-state index contributed by atoms with van der Waals surface area (Å²) in [5.41, 5.74) is 9.36. The van der Waals surface area contributed by atoms with Crippen molar-refractivity contribution >= 4 is 32.3 Å². The summed E-state index contributed by atoms with van der Waals surface area (Å²) >= 11 is 0. The molecule has 40 heavy (non-hydrogen) atoms. The SMILES string of the molecule is c1ccc(-c2ccc(-c3ccc(-c4ccc5ccc6c(-c7cccnc7)ccc7ccc4c5c76)cc3)cc2)nc1. The van der Waals surface area contributed by atoms with Crippen molar-refractivity contribution in [2.45, 2.75) is 0 Å². The first-order valence-electron chi connectivity index (χ1n) is 13.6. The van der Waals surface area contributed by atoms with Gasteiger partial charge in [0, 0.05) is 29.7 Å². The van der Waals surface area contributed by atoms with Crippen molar-refractivity contribution in [3.8, 4) is 44.6 Å². The number of nitrogens with zero attached hydrogens (tertiary/aromatic N) is 2. The Bertz CT molecular complexity index is 2110. The summed E-state index contributed by atoms with van der Waals surface area (Å²) in [6.45, 7) is 0. The summed E-state index contributed by atoms with van der Waals surface area (Å²) in [6, 6.07) is 45.8. The van der Waals surface area contributed by atoms with Crippen molar-refractivity contribution < 1.29 is 0 Å². The molecular weight excluding hydrogens is 484 g/mol. The molecule has 2 nitrogen and oxygen atoms in total. The van der Waals surface area contributed by atoms with E-state index in [4.69, 9.17) is 0 Å². The normalized spacial score (nSPS) is 11.5. The van der Waals surface area contributed by atoms with Gasteiger partial charge in [-0.25, -0.2) is 0 Å². The molecule has 2 heterocycles. The van der Waals surface area contributed by atoms with Gasteiger partial charge >= 0.3 is 0 Å². The molecule has 0 spiro atoms. The van der Waals surface area contributed by atoms with Crippen LogP contribution >= 0.6 is 0 Å². The Kier molecular flexibility index (Phi) is 5.17. The molecule has 0 saturated carbocycles. The fraction of sp³-hybridized carbons (Fsp3) is 0. The fourth-order valence-electron chi connectivity index (χ4n) is 6.04. The standard InChI is InChI=1S/C38H24N2/c1-2-23-40-36(5-1)28-12-8-26(9-13-28)25-6-10-27(11-7-25)32-18-14-29-17-21-35-33(31-4-3-22-39-24-31)19-15-30-16-20-34(32)37(29)38(30)35/h1-24H. The van der Waals surface area contributed by atoms with Crippen LogP contribution in [0.15, 0.2) is 146 Å². The molecule has 0 amide bonds. The van der Waals surface area contributed by atoms with E-state index in [1.165, 1.54) is 60.1 Å². The first kappa shape index (κ1) is 22.6. The molecule has 0 saturated heterocycles. The third kappa shape index (κ3) is 3.65. The molecule has 0 bridgehead atoms. The molecule has 0 atom stereocenters. The minimum absolute atomic E-state index is 0.992. The van der Waals surface area contributed by atoms with Crippen LogP contribution in [0.4, 0.5) is 0 Å². The Morgan fingerprint density at radius 1 is 0.375 bits per heavy atom. The van der Waals surface area contributed by atoms with Gasteiger partial charge in [-0.3, -0.25) is 9.97 Å². The smallest absolute Gasteiger partial charge is 0.0701 e. The minimum atomic E-state index is 0.992. The van der Waals surface area contributed by atoms with Crippen molar-refractivity contribution in [3.05, 3.63) is 146 Å². The van der Waals surface area contributed by atoms with Gasteiger partial charge in [-0.05, 0) is 78.3 Å². The van der Waals surface area contributed by atoms with Crippen LogP contribution in [0.25, 0.3) is 77.0 Å². The van der Waals surface area contributed by atoms with Gasteiger partial charge in [0.05, 0.1) is 5.69 Å². The van der Waals surface area contributed by atoms with E-state index in [1.807, 2.05) is 42.9 Å². The molecular formula is C38H24N2. The summed E-state index contributed by atoms with van der Waals surface area (Å²) in [7, 11) is 0. The van der Waals surface area contributed by atoms with Gasteiger partial charge in [0.25, 0.3) is 0 Å². The summed E-state index contributed by atoms with van der Waals surface area (Å²) in [5.74, 6) is 0. The monoisotopic (exact) mass is 508 g/mol. The maximum absolute atomic E-state index is 4.47. The van der Waals surface area contributed by atoms with Crippen LogP contribution in [-0.4, -0.2) is 9.97 Å². The summed E-state index contributed by atoms with van der Waals surface area (Å²) in [5, 5.41) is 7.74. The molecule has 0 unspecified atom stereocenters. The molecule has 0 aliphatic carbocycles. The zero-order valence-corrected chi connectivity index (χ0v) is 21.8. The van der Waals surface area contributed by atoms with Gasteiger partial charge in [0.1, 0.15) is 0 Å². The molecule has 6 aromatic carbocycles. The third-order valence-electron chi connectivity index (χ3n) is 8.01. The maximum Gasteiger partial charge on any atom is 0.0701 e. The van der Waals surface area contributed by atoms with Gasteiger partial charge < -0.3 is 0 Å². The first-order valence-corrected chi connectivity index (χ1v) is 13.6. The lowest BCUT2D eigenvalue weighted by Gasteiger charge is -2.16. The zero-order chi connectivity index (χ0) is 26.5. The lowest BCUT2D eigenvalue weighted by Crippen LogP contribution is -1.90. The van der Waals surface area contributed by atoms with Crippen molar-refractivity contribution in [1.82, 2.24) is 9.97 Å². The number of hydrogen-bond acceptors (Lipinski definition) is 2. The van der Waals surface area contributed by atoms with Gasteiger partial charge in [0.2, 0.25) is 0 Å². The predicted octanol–water partition coefficient (Wildman–Crippen LogP) is 10.0. The van der Waals surface area contributed by atoms with E-state index in [0.717, 1.165) is 16.8 Å². The highest BCUT2D eigenvalue weighted by Crippen LogP contribution is 2.42. The number of rotatable bonds is 4. The quantitative estimate of drug-likeness (QED) is 0.221. The van der Waals surface area contributed by atoms with Crippen LogP contribution in [-0.2, 0) is 0 Å². The van der Waals surface area contributed by atoms with Crippen LogP contribution in [0, 0.1) is 0 Å². The second-order valence-corrected chi connectivity index (χ2v) is 10.3. The molecule has 8 rings (SSSR count). The van der Waals surface area contributed by atoms with Crippen molar-refractivity contribution in [2.75, 3.05) is 0 Å². The molecule has 0 aliphatic rings. The van der Waals surface area contributed by atoms with E-state index in [-0.39, 0.29) is 0 Å². The Morgan fingerprint density at radius 3 is 1.52 bits per heavy atom. The molecule has 2 aromatic heterocycles. The highest BCUT2D eigenvalue weighted by Gasteiger charge is 2.15. The Balaban J connectivity index is 1.22. The van der Waals surface area contributed by atoms with E-state index in [1.54, 1.807) is 0 Å². The summed E-state index contributed by atoms with van der Waals surface area (Å²) in [6.07, 6.45) is 5.61. The van der Waals surface area contributed by atoms with Gasteiger partial charge in [-0.15, -0.1) is 0 Å². The average molecular weight is 509 g/mol. The molecule has 2 heteroatoms. The lowest BCUT2D eigenvalue weighted by molar-refractivity contribution is 1.33. The Labute approximate surface area is 232 Å². The van der Waals surface area contributed by atoms with Gasteiger partial charge in [-0.2, -0.15) is 0 Å². The lowest BCUT2D eigenvalue weighted by atomic mass is 9.87. The highest BCUT2D eigenvalue weighted by molar-refractivity contribution is 6.27. The van der Waals surface area contributed by atoms with E-state index < -0.39 is 0 Å². The number of benzene rings is 6.